The summed E-state index contributed by atoms with van der Waals surface area (Å²) < 4.78 is 4.99. The Bertz CT molecular complexity index is 1020. The van der Waals surface area contributed by atoms with Gasteiger partial charge in [-0.05, 0) is 37.1 Å². The lowest BCUT2D eigenvalue weighted by atomic mass is 9.95. The van der Waals surface area contributed by atoms with Crippen LogP contribution in [0.5, 0.6) is 0 Å². The number of amides is 1. The number of benzene rings is 2. The maximum absolute atomic E-state index is 12.9. The average molecular weight is 418 g/mol. The molecular weight excluding hydrogens is 392 g/mol. The molecule has 0 atom stereocenters. The summed E-state index contributed by atoms with van der Waals surface area (Å²) in [5, 5.41) is 6.67. The lowest BCUT2D eigenvalue weighted by Crippen LogP contribution is -2.50. The predicted molar refractivity (Wildman–Crippen MR) is 118 cm³/mol. The number of piperazine rings is 1. The normalized spacial score (nSPS) is 14.8. The van der Waals surface area contributed by atoms with Crippen molar-refractivity contribution < 1.29 is 9.32 Å². The van der Waals surface area contributed by atoms with Gasteiger partial charge in [-0.3, -0.25) is 9.69 Å². The molecule has 1 saturated heterocycles. The number of carbonyl (C=O) groups excluding carboxylic acids is 1. The van der Waals surface area contributed by atoms with Gasteiger partial charge in [0.05, 0.1) is 6.04 Å². The van der Waals surface area contributed by atoms with E-state index in [0.717, 1.165) is 0 Å². The molecule has 0 aliphatic carbocycles. The van der Waals surface area contributed by atoms with Crippen molar-refractivity contribution in [2.45, 2.75) is 26.8 Å². The van der Waals surface area contributed by atoms with Crippen LogP contribution in [-0.4, -0.2) is 47.0 Å². The van der Waals surface area contributed by atoms with Crippen molar-refractivity contribution in [3.8, 4) is 0 Å². The van der Waals surface area contributed by atoms with E-state index in [1.807, 2.05) is 0 Å². The first-order valence-corrected chi connectivity index (χ1v) is 10.4. The topological polar surface area (TPSA) is 79.0 Å². The lowest BCUT2D eigenvalue weighted by Gasteiger charge is -2.39. The Morgan fingerprint density at radius 3 is 1.90 bits per heavy atom. The van der Waals surface area contributed by atoms with E-state index in [1.54, 1.807) is 11.8 Å². The van der Waals surface area contributed by atoms with Crippen LogP contribution >= 0.6 is 0 Å². The van der Waals surface area contributed by atoms with Crippen molar-refractivity contribution in [1.82, 2.24) is 15.0 Å². The molecule has 1 aromatic heterocycles. The Balaban J connectivity index is 1.55. The molecule has 3 aromatic rings. The van der Waals surface area contributed by atoms with Crippen molar-refractivity contribution >= 4 is 11.6 Å². The summed E-state index contributed by atoms with van der Waals surface area (Å²) >= 11 is 0. The largest absolute Gasteiger partial charge is 0.358 e. The minimum atomic E-state index is -0.312. The molecule has 0 unspecified atom stereocenters. The van der Waals surface area contributed by atoms with Gasteiger partial charge in [-0.15, -0.1) is 4.91 Å². The van der Waals surface area contributed by atoms with E-state index in [0.29, 0.717) is 26.2 Å². The summed E-state index contributed by atoms with van der Waals surface area (Å²) in [6.45, 7) is 8.24. The van der Waals surface area contributed by atoms with Crippen LogP contribution < -0.4 is 0 Å². The molecule has 2 heterocycles. The zero-order chi connectivity index (χ0) is 22.0. The van der Waals surface area contributed by atoms with E-state index >= 15 is 0 Å². The first-order valence-electron chi connectivity index (χ1n) is 10.4. The van der Waals surface area contributed by atoms with Gasteiger partial charge in [-0.25, -0.2) is 0 Å². The van der Waals surface area contributed by atoms with Crippen molar-refractivity contribution in [2.75, 3.05) is 26.2 Å². The minimum absolute atomic E-state index is 0.00503. The Labute approximate surface area is 181 Å². The monoisotopic (exact) mass is 418 g/mol. The fourth-order valence-corrected chi connectivity index (χ4v) is 4.06. The molecule has 0 N–H and O–H groups in total. The number of hydrogen-bond donors (Lipinski definition) is 0. The second-order valence-electron chi connectivity index (χ2n) is 8.08. The number of rotatable bonds is 5. The second kappa shape index (κ2) is 8.81. The van der Waals surface area contributed by atoms with Crippen molar-refractivity contribution in [2.24, 2.45) is 5.18 Å². The van der Waals surface area contributed by atoms with Gasteiger partial charge in [-0.1, -0.05) is 64.8 Å². The van der Waals surface area contributed by atoms with Crippen molar-refractivity contribution in [1.29, 1.82) is 0 Å². The van der Waals surface area contributed by atoms with Gasteiger partial charge >= 0.3 is 0 Å². The van der Waals surface area contributed by atoms with Crippen LogP contribution in [0.1, 0.15) is 44.5 Å². The molecule has 0 saturated carbocycles. The van der Waals surface area contributed by atoms with Gasteiger partial charge in [0.2, 0.25) is 5.69 Å². The molecule has 1 amide bonds. The van der Waals surface area contributed by atoms with Crippen LogP contribution in [0.3, 0.4) is 0 Å². The van der Waals surface area contributed by atoms with Crippen molar-refractivity contribution in [3.05, 3.63) is 87.1 Å². The SMILES string of the molecule is Cc1ccc(C(c2ccc(C)cc2)N2CCN(C(=O)c3noc(C)c3N=O)CC2)cc1. The molecule has 1 aliphatic heterocycles. The Morgan fingerprint density at radius 1 is 0.903 bits per heavy atom. The molecule has 7 heteroatoms. The second-order valence-corrected chi connectivity index (χ2v) is 8.08. The highest BCUT2D eigenvalue weighted by atomic mass is 16.5. The molecule has 0 spiro atoms. The van der Waals surface area contributed by atoms with E-state index in [4.69, 9.17) is 4.52 Å². The van der Waals surface area contributed by atoms with Crippen LogP contribution in [0.15, 0.2) is 58.2 Å². The third kappa shape index (κ3) is 4.27. The number of nitrogens with zero attached hydrogens (tertiary/aromatic N) is 4. The lowest BCUT2D eigenvalue weighted by molar-refractivity contribution is 0.0588. The maximum Gasteiger partial charge on any atom is 0.278 e. The predicted octanol–water partition coefficient (Wildman–Crippen LogP) is 4.55. The van der Waals surface area contributed by atoms with Gasteiger partial charge in [-0.2, -0.15) is 0 Å². The zero-order valence-corrected chi connectivity index (χ0v) is 18.0. The highest BCUT2D eigenvalue weighted by molar-refractivity contribution is 5.97. The van der Waals surface area contributed by atoms with Crippen LogP contribution in [0.25, 0.3) is 0 Å². The molecule has 0 bridgehead atoms. The highest BCUT2D eigenvalue weighted by Gasteiger charge is 2.31. The first kappa shape index (κ1) is 20.9. The number of carbonyl (C=O) groups is 1. The summed E-state index contributed by atoms with van der Waals surface area (Å²) in [5.41, 5.74) is 4.90. The Hall–Kier alpha value is -3.32. The smallest absolute Gasteiger partial charge is 0.278 e. The molecule has 0 radical (unpaired) electrons. The first-order chi connectivity index (χ1) is 15.0. The standard InChI is InChI=1S/C24H26N4O3/c1-16-4-8-19(9-5-16)23(20-10-6-17(2)7-11-20)27-12-14-28(15-13-27)24(29)22-21(25-30)18(3)31-26-22/h4-11,23H,12-15H2,1-3H3. The molecule has 2 aromatic carbocycles. The fraction of sp³-hybridized carbons (Fsp3) is 0.333. The summed E-state index contributed by atoms with van der Waals surface area (Å²) in [5.74, 6) is -0.0517. The third-order valence-corrected chi connectivity index (χ3v) is 5.88. The molecule has 1 fully saturated rings. The quantitative estimate of drug-likeness (QED) is 0.568. The summed E-state index contributed by atoms with van der Waals surface area (Å²) in [4.78, 5) is 28.0. The van der Waals surface area contributed by atoms with Crippen LogP contribution in [0, 0.1) is 25.7 Å². The van der Waals surface area contributed by atoms with Gasteiger partial charge in [0, 0.05) is 26.2 Å². The molecule has 4 rings (SSSR count). The number of aromatic nitrogens is 1. The maximum atomic E-state index is 12.9. The van der Waals surface area contributed by atoms with Gasteiger partial charge in [0.1, 0.15) is 0 Å². The van der Waals surface area contributed by atoms with E-state index in [1.165, 1.54) is 22.3 Å². The molecule has 7 nitrogen and oxygen atoms in total. The highest BCUT2D eigenvalue weighted by Crippen LogP contribution is 2.31. The van der Waals surface area contributed by atoms with Crippen LogP contribution in [0.2, 0.25) is 0 Å². The van der Waals surface area contributed by atoms with E-state index in [-0.39, 0.29) is 29.1 Å². The third-order valence-electron chi connectivity index (χ3n) is 5.88. The molecule has 1 aliphatic rings. The minimum Gasteiger partial charge on any atom is -0.358 e. The molecular formula is C24H26N4O3. The average Bonchev–Trinajstić information content (AvgIpc) is 3.17. The number of aryl methyl sites for hydroxylation is 3. The van der Waals surface area contributed by atoms with Gasteiger partial charge < -0.3 is 9.42 Å². The summed E-state index contributed by atoms with van der Waals surface area (Å²) in [7, 11) is 0. The zero-order valence-electron chi connectivity index (χ0n) is 18.0. The van der Waals surface area contributed by atoms with Gasteiger partial charge in [0.25, 0.3) is 5.91 Å². The molecule has 160 valence electrons. The summed E-state index contributed by atoms with van der Waals surface area (Å²) in [6, 6.07) is 17.4. The number of nitroso groups, excluding NO2 is 1. The van der Waals surface area contributed by atoms with E-state index in [9.17, 15) is 9.70 Å². The van der Waals surface area contributed by atoms with E-state index in [2.05, 4.69) is 77.6 Å². The summed E-state index contributed by atoms with van der Waals surface area (Å²) in [6.07, 6.45) is 0. The Kier molecular flexibility index (Phi) is 5.95. The van der Waals surface area contributed by atoms with E-state index < -0.39 is 0 Å². The van der Waals surface area contributed by atoms with Crippen LogP contribution in [0.4, 0.5) is 5.69 Å². The molecule has 31 heavy (non-hydrogen) atoms. The Morgan fingerprint density at radius 2 is 1.42 bits per heavy atom. The fourth-order valence-electron chi connectivity index (χ4n) is 4.06. The van der Waals surface area contributed by atoms with Crippen LogP contribution in [-0.2, 0) is 0 Å². The van der Waals surface area contributed by atoms with Crippen molar-refractivity contribution in [3.63, 3.8) is 0 Å². The number of hydrogen-bond acceptors (Lipinski definition) is 6. The van der Waals surface area contributed by atoms with Gasteiger partial charge in [0.15, 0.2) is 11.4 Å².